The summed E-state index contributed by atoms with van der Waals surface area (Å²) in [5.74, 6) is 2.09. The lowest BCUT2D eigenvalue weighted by atomic mass is 9.95. The van der Waals surface area contributed by atoms with Crippen LogP contribution in [0.2, 0.25) is 0 Å². The third-order valence-electron chi connectivity index (χ3n) is 3.59. The molecule has 0 saturated carbocycles. The molecule has 94 valence electrons. The summed E-state index contributed by atoms with van der Waals surface area (Å²) >= 11 is 0. The largest absolute Gasteiger partial charge is 0.383 e. The van der Waals surface area contributed by atoms with E-state index in [1.54, 1.807) is 7.11 Å². The Morgan fingerprint density at radius 1 is 1.47 bits per heavy atom. The zero-order valence-corrected chi connectivity index (χ0v) is 10.7. The van der Waals surface area contributed by atoms with Crippen LogP contribution in [-0.4, -0.2) is 36.3 Å². The predicted molar refractivity (Wildman–Crippen MR) is 68.0 cm³/mol. The molecule has 1 aliphatic heterocycles. The number of hydrogen-bond donors (Lipinski definition) is 1. The Hall–Kier alpha value is -1.36. The lowest BCUT2D eigenvalue weighted by Gasteiger charge is -2.37. The predicted octanol–water partition coefficient (Wildman–Crippen LogP) is 1.23. The van der Waals surface area contributed by atoms with Gasteiger partial charge in [-0.15, -0.1) is 0 Å². The number of methoxy groups -OCH3 is 1. The monoisotopic (exact) mass is 236 g/mol. The molecule has 1 aromatic rings. The van der Waals surface area contributed by atoms with Crippen LogP contribution in [0.4, 0.5) is 11.6 Å². The highest BCUT2D eigenvalue weighted by Crippen LogP contribution is 2.26. The molecule has 2 heterocycles. The first kappa shape index (κ1) is 12.1. The molecule has 0 aliphatic carbocycles. The summed E-state index contributed by atoms with van der Waals surface area (Å²) in [6, 6.07) is 0. The fourth-order valence-corrected chi connectivity index (χ4v) is 2.31. The van der Waals surface area contributed by atoms with Gasteiger partial charge in [-0.05, 0) is 19.3 Å². The average Bonchev–Trinajstić information content (AvgIpc) is 2.34. The van der Waals surface area contributed by atoms with Crippen molar-refractivity contribution in [1.29, 1.82) is 0 Å². The van der Waals surface area contributed by atoms with Crippen molar-refractivity contribution in [2.45, 2.75) is 26.4 Å². The molecule has 0 aromatic carbocycles. The second-order valence-electron chi connectivity index (χ2n) is 4.69. The highest BCUT2D eigenvalue weighted by atomic mass is 16.5. The van der Waals surface area contributed by atoms with E-state index < -0.39 is 0 Å². The van der Waals surface area contributed by atoms with Crippen molar-refractivity contribution in [2.75, 3.05) is 30.8 Å². The molecule has 1 aromatic heterocycles. The van der Waals surface area contributed by atoms with E-state index in [0.717, 1.165) is 30.9 Å². The zero-order valence-electron chi connectivity index (χ0n) is 10.7. The van der Waals surface area contributed by atoms with E-state index in [9.17, 15) is 0 Å². The Morgan fingerprint density at radius 3 is 2.94 bits per heavy atom. The fraction of sp³-hybridized carbons (Fsp3) is 0.667. The van der Waals surface area contributed by atoms with Crippen molar-refractivity contribution < 1.29 is 4.74 Å². The van der Waals surface area contributed by atoms with Gasteiger partial charge in [0.25, 0.3) is 0 Å². The Labute approximate surface area is 102 Å². The Bertz CT molecular complexity index is 396. The minimum absolute atomic E-state index is 0.263. The molecule has 0 spiro atoms. The van der Waals surface area contributed by atoms with Gasteiger partial charge in [-0.3, -0.25) is 0 Å². The van der Waals surface area contributed by atoms with Crippen LogP contribution < -0.4 is 10.6 Å². The van der Waals surface area contributed by atoms with Gasteiger partial charge >= 0.3 is 0 Å². The standard InChI is InChI=1S/C12H20N4O/c1-8-4-5-16(6-10(8)17-3)12-9(2)11(13)14-7-15-12/h7-8,10H,4-6H2,1-3H3,(H2,13,14,15). The van der Waals surface area contributed by atoms with Crippen LogP contribution in [0.15, 0.2) is 6.33 Å². The number of aromatic nitrogens is 2. The van der Waals surface area contributed by atoms with Crippen LogP contribution in [0, 0.1) is 12.8 Å². The van der Waals surface area contributed by atoms with Crippen molar-refractivity contribution >= 4 is 11.6 Å². The number of hydrogen-bond acceptors (Lipinski definition) is 5. The van der Waals surface area contributed by atoms with E-state index in [4.69, 9.17) is 10.5 Å². The minimum atomic E-state index is 0.263. The molecule has 1 saturated heterocycles. The van der Waals surface area contributed by atoms with Gasteiger partial charge in [0.1, 0.15) is 18.0 Å². The number of nitrogens with two attached hydrogens (primary N) is 1. The van der Waals surface area contributed by atoms with Crippen LogP contribution >= 0.6 is 0 Å². The summed E-state index contributed by atoms with van der Waals surface area (Å²) < 4.78 is 5.51. The number of anilines is 2. The molecule has 1 fully saturated rings. The van der Waals surface area contributed by atoms with Crippen LogP contribution in [-0.2, 0) is 4.74 Å². The molecule has 0 radical (unpaired) electrons. The zero-order chi connectivity index (χ0) is 12.4. The maximum absolute atomic E-state index is 5.81. The summed E-state index contributed by atoms with van der Waals surface area (Å²) in [5, 5.41) is 0. The van der Waals surface area contributed by atoms with Crippen molar-refractivity contribution in [3.63, 3.8) is 0 Å². The highest BCUT2D eigenvalue weighted by Gasteiger charge is 2.27. The number of nitrogens with zero attached hydrogens (tertiary/aromatic N) is 3. The summed E-state index contributed by atoms with van der Waals surface area (Å²) in [6.45, 7) is 6.06. The number of piperidine rings is 1. The van der Waals surface area contributed by atoms with Gasteiger partial charge in [-0.25, -0.2) is 9.97 Å². The quantitative estimate of drug-likeness (QED) is 0.836. The van der Waals surface area contributed by atoms with Crippen molar-refractivity contribution in [1.82, 2.24) is 9.97 Å². The highest BCUT2D eigenvalue weighted by molar-refractivity contribution is 5.55. The fourth-order valence-electron chi connectivity index (χ4n) is 2.31. The molecule has 2 rings (SSSR count). The smallest absolute Gasteiger partial charge is 0.137 e. The molecular formula is C12H20N4O. The van der Waals surface area contributed by atoms with E-state index >= 15 is 0 Å². The molecule has 17 heavy (non-hydrogen) atoms. The van der Waals surface area contributed by atoms with Gasteiger partial charge in [0.2, 0.25) is 0 Å². The number of ether oxygens (including phenoxy) is 1. The van der Waals surface area contributed by atoms with Crippen LogP contribution in [0.25, 0.3) is 0 Å². The average molecular weight is 236 g/mol. The number of nitrogen functional groups attached to an aromatic ring is 1. The lowest BCUT2D eigenvalue weighted by Crippen LogP contribution is -2.44. The third kappa shape index (κ3) is 2.34. The first-order valence-electron chi connectivity index (χ1n) is 5.98. The van der Waals surface area contributed by atoms with Gasteiger partial charge in [0, 0.05) is 25.8 Å². The Kier molecular flexibility index (Phi) is 3.47. The second-order valence-corrected chi connectivity index (χ2v) is 4.69. The molecule has 0 amide bonds. The van der Waals surface area contributed by atoms with E-state index in [0.29, 0.717) is 11.7 Å². The molecule has 1 aliphatic rings. The number of rotatable bonds is 2. The first-order chi connectivity index (χ1) is 8.13. The molecule has 2 atom stereocenters. The van der Waals surface area contributed by atoms with E-state index in [-0.39, 0.29) is 6.10 Å². The van der Waals surface area contributed by atoms with E-state index in [1.807, 2.05) is 6.92 Å². The Balaban J connectivity index is 2.20. The molecule has 2 N–H and O–H groups in total. The minimum Gasteiger partial charge on any atom is -0.383 e. The third-order valence-corrected chi connectivity index (χ3v) is 3.59. The van der Waals surface area contributed by atoms with Crippen molar-refractivity contribution in [2.24, 2.45) is 5.92 Å². The molecule has 5 heteroatoms. The topological polar surface area (TPSA) is 64.3 Å². The maximum Gasteiger partial charge on any atom is 0.137 e. The molecule has 2 unspecified atom stereocenters. The summed E-state index contributed by atoms with van der Waals surface area (Å²) in [6.07, 6.45) is 2.90. The van der Waals surface area contributed by atoms with Crippen molar-refractivity contribution in [3.8, 4) is 0 Å². The normalized spacial score (nSPS) is 25.0. The second kappa shape index (κ2) is 4.87. The van der Waals surface area contributed by atoms with Crippen LogP contribution in [0.5, 0.6) is 0 Å². The SMILES string of the molecule is COC1CN(c2ncnc(N)c2C)CCC1C. The maximum atomic E-state index is 5.81. The molecule has 0 bridgehead atoms. The molecular weight excluding hydrogens is 216 g/mol. The van der Waals surface area contributed by atoms with Gasteiger partial charge in [0.05, 0.1) is 6.10 Å². The van der Waals surface area contributed by atoms with Crippen molar-refractivity contribution in [3.05, 3.63) is 11.9 Å². The lowest BCUT2D eigenvalue weighted by molar-refractivity contribution is 0.0496. The van der Waals surface area contributed by atoms with Gasteiger partial charge in [-0.2, -0.15) is 0 Å². The molecule has 5 nitrogen and oxygen atoms in total. The van der Waals surface area contributed by atoms with Crippen LogP contribution in [0.1, 0.15) is 18.9 Å². The van der Waals surface area contributed by atoms with Crippen LogP contribution in [0.3, 0.4) is 0 Å². The van der Waals surface area contributed by atoms with Gasteiger partial charge in [-0.1, -0.05) is 6.92 Å². The van der Waals surface area contributed by atoms with Gasteiger partial charge < -0.3 is 15.4 Å². The summed E-state index contributed by atoms with van der Waals surface area (Å²) in [7, 11) is 1.77. The summed E-state index contributed by atoms with van der Waals surface area (Å²) in [5.41, 5.74) is 6.77. The van der Waals surface area contributed by atoms with Gasteiger partial charge in [0.15, 0.2) is 0 Å². The Morgan fingerprint density at radius 2 is 2.24 bits per heavy atom. The first-order valence-corrected chi connectivity index (χ1v) is 5.98. The summed E-state index contributed by atoms with van der Waals surface area (Å²) in [4.78, 5) is 10.6. The van der Waals surface area contributed by atoms with E-state index in [2.05, 4.69) is 21.8 Å². The van der Waals surface area contributed by atoms with E-state index in [1.165, 1.54) is 6.33 Å².